The molecule has 2 fully saturated rings. The van der Waals surface area contributed by atoms with E-state index in [1.165, 1.54) is 6.42 Å². The number of rotatable bonds is 2. The van der Waals surface area contributed by atoms with Crippen LogP contribution in [0.4, 0.5) is 0 Å². The van der Waals surface area contributed by atoms with Gasteiger partial charge in [0.15, 0.2) is 0 Å². The summed E-state index contributed by atoms with van der Waals surface area (Å²) in [6.45, 7) is 6.42. The van der Waals surface area contributed by atoms with Gasteiger partial charge in [-0.1, -0.05) is 20.3 Å². The molecule has 4 heteroatoms. The molecule has 1 heterocycles. The molecule has 98 valence electrons. The van der Waals surface area contributed by atoms with Gasteiger partial charge in [0.1, 0.15) is 0 Å². The van der Waals surface area contributed by atoms with E-state index in [0.29, 0.717) is 24.9 Å². The van der Waals surface area contributed by atoms with Crippen LogP contribution < -0.4 is 0 Å². The highest BCUT2D eigenvalue weighted by atomic mass is 35.5. The van der Waals surface area contributed by atoms with Crippen molar-refractivity contribution in [1.82, 2.24) is 4.90 Å². The van der Waals surface area contributed by atoms with Crippen molar-refractivity contribution in [3.05, 3.63) is 0 Å². The number of hydrogen-bond donors (Lipinski definition) is 0. The van der Waals surface area contributed by atoms with Gasteiger partial charge < -0.3 is 9.64 Å². The second-order valence-electron chi connectivity index (χ2n) is 5.86. The van der Waals surface area contributed by atoms with E-state index in [0.717, 1.165) is 19.4 Å². The van der Waals surface area contributed by atoms with Gasteiger partial charge in [-0.2, -0.15) is 0 Å². The molecule has 1 aliphatic carbocycles. The summed E-state index contributed by atoms with van der Waals surface area (Å²) in [7, 11) is 0. The van der Waals surface area contributed by atoms with E-state index in [9.17, 15) is 4.79 Å². The van der Waals surface area contributed by atoms with E-state index in [-0.39, 0.29) is 17.4 Å². The SMILES string of the molecule is CC1(C)CCCC1C(=O)N1CCOC(CCl)C1. The van der Waals surface area contributed by atoms with E-state index in [4.69, 9.17) is 16.3 Å². The molecule has 2 rings (SSSR count). The number of ether oxygens (including phenoxy) is 1. The zero-order valence-corrected chi connectivity index (χ0v) is 11.5. The molecule has 2 unspecified atom stereocenters. The lowest BCUT2D eigenvalue weighted by Crippen LogP contribution is -2.49. The minimum absolute atomic E-state index is 0.0129. The molecule has 17 heavy (non-hydrogen) atoms. The minimum atomic E-state index is 0.0129. The molecule has 2 aliphatic rings. The Morgan fingerprint density at radius 3 is 2.88 bits per heavy atom. The fourth-order valence-electron chi connectivity index (χ4n) is 3.02. The molecule has 1 saturated heterocycles. The number of carbonyl (C=O) groups excluding carboxylic acids is 1. The maximum absolute atomic E-state index is 12.5. The zero-order valence-electron chi connectivity index (χ0n) is 10.7. The van der Waals surface area contributed by atoms with Crippen molar-refractivity contribution in [1.29, 1.82) is 0 Å². The van der Waals surface area contributed by atoms with Gasteiger partial charge in [0.25, 0.3) is 0 Å². The Bertz CT molecular complexity index is 293. The average Bonchev–Trinajstić information content (AvgIpc) is 2.68. The third-order valence-corrected chi connectivity index (χ3v) is 4.52. The van der Waals surface area contributed by atoms with Crippen molar-refractivity contribution in [2.24, 2.45) is 11.3 Å². The summed E-state index contributed by atoms with van der Waals surface area (Å²) in [6, 6.07) is 0. The van der Waals surface area contributed by atoms with Crippen LogP contribution in [0.25, 0.3) is 0 Å². The standard InChI is InChI=1S/C13H22ClNO2/c1-13(2)5-3-4-11(13)12(16)15-6-7-17-10(8-14)9-15/h10-11H,3-9H2,1-2H3. The van der Waals surface area contributed by atoms with Crippen LogP contribution in [-0.2, 0) is 9.53 Å². The van der Waals surface area contributed by atoms with E-state index in [1.54, 1.807) is 0 Å². The maximum Gasteiger partial charge on any atom is 0.226 e. The van der Waals surface area contributed by atoms with Crippen LogP contribution in [0.1, 0.15) is 33.1 Å². The van der Waals surface area contributed by atoms with Gasteiger partial charge in [-0.05, 0) is 18.3 Å². The summed E-state index contributed by atoms with van der Waals surface area (Å²) in [4.78, 5) is 14.5. The molecule has 1 amide bonds. The third-order valence-electron chi connectivity index (χ3n) is 4.18. The lowest BCUT2D eigenvalue weighted by Gasteiger charge is -2.36. The number of morpholine rings is 1. The van der Waals surface area contributed by atoms with E-state index < -0.39 is 0 Å². The Kier molecular flexibility index (Phi) is 3.99. The third kappa shape index (κ3) is 2.76. The highest BCUT2D eigenvalue weighted by Gasteiger charge is 2.41. The molecule has 3 nitrogen and oxygen atoms in total. The van der Waals surface area contributed by atoms with E-state index >= 15 is 0 Å². The molecular formula is C13H22ClNO2. The number of amides is 1. The normalized spacial score (nSPS) is 32.8. The van der Waals surface area contributed by atoms with Crippen molar-refractivity contribution in [3.63, 3.8) is 0 Å². The van der Waals surface area contributed by atoms with Gasteiger partial charge in [-0.3, -0.25) is 4.79 Å². The Hall–Kier alpha value is -0.280. The van der Waals surface area contributed by atoms with Crippen molar-refractivity contribution in [2.45, 2.75) is 39.2 Å². The van der Waals surface area contributed by atoms with Crippen molar-refractivity contribution in [3.8, 4) is 0 Å². The monoisotopic (exact) mass is 259 g/mol. The first-order valence-electron chi connectivity index (χ1n) is 6.51. The predicted molar refractivity (Wildman–Crippen MR) is 68.2 cm³/mol. The summed E-state index contributed by atoms with van der Waals surface area (Å²) < 4.78 is 5.50. The summed E-state index contributed by atoms with van der Waals surface area (Å²) in [5, 5.41) is 0. The van der Waals surface area contributed by atoms with Gasteiger partial charge in [0, 0.05) is 19.0 Å². The van der Waals surface area contributed by atoms with Crippen LogP contribution in [0.5, 0.6) is 0 Å². The molecule has 0 aromatic carbocycles. The lowest BCUT2D eigenvalue weighted by atomic mass is 9.81. The molecule has 1 saturated carbocycles. The van der Waals surface area contributed by atoms with Gasteiger partial charge in [-0.25, -0.2) is 0 Å². The first-order chi connectivity index (χ1) is 8.04. The van der Waals surface area contributed by atoms with Gasteiger partial charge in [-0.15, -0.1) is 11.6 Å². The number of hydrogen-bond acceptors (Lipinski definition) is 2. The van der Waals surface area contributed by atoms with Crippen LogP contribution in [0.15, 0.2) is 0 Å². The smallest absolute Gasteiger partial charge is 0.226 e. The molecule has 1 aliphatic heterocycles. The zero-order chi connectivity index (χ0) is 12.5. The highest BCUT2D eigenvalue weighted by Crippen LogP contribution is 2.43. The molecule has 0 bridgehead atoms. The quantitative estimate of drug-likeness (QED) is 0.712. The Morgan fingerprint density at radius 2 is 2.29 bits per heavy atom. The van der Waals surface area contributed by atoms with Gasteiger partial charge in [0.2, 0.25) is 5.91 Å². The summed E-state index contributed by atoms with van der Waals surface area (Å²) in [5.74, 6) is 0.972. The van der Waals surface area contributed by atoms with Crippen LogP contribution in [0.2, 0.25) is 0 Å². The predicted octanol–water partition coefficient (Wildman–Crippen LogP) is 2.28. The lowest BCUT2D eigenvalue weighted by molar-refractivity contribution is -0.145. The van der Waals surface area contributed by atoms with Gasteiger partial charge in [0.05, 0.1) is 18.6 Å². The largest absolute Gasteiger partial charge is 0.373 e. The second kappa shape index (κ2) is 5.15. The fraction of sp³-hybridized carbons (Fsp3) is 0.923. The van der Waals surface area contributed by atoms with Crippen molar-refractivity contribution >= 4 is 17.5 Å². The summed E-state index contributed by atoms with van der Waals surface area (Å²) >= 11 is 5.80. The fourth-order valence-corrected chi connectivity index (χ4v) is 3.20. The number of nitrogens with zero attached hydrogens (tertiary/aromatic N) is 1. The molecular weight excluding hydrogens is 238 g/mol. The second-order valence-corrected chi connectivity index (χ2v) is 6.17. The number of carbonyl (C=O) groups is 1. The van der Waals surface area contributed by atoms with Crippen molar-refractivity contribution < 1.29 is 9.53 Å². The highest BCUT2D eigenvalue weighted by molar-refractivity contribution is 6.18. The Balaban J connectivity index is 1.99. The summed E-state index contributed by atoms with van der Waals surface area (Å²) in [5.41, 5.74) is 0.159. The van der Waals surface area contributed by atoms with Crippen LogP contribution in [0.3, 0.4) is 0 Å². The van der Waals surface area contributed by atoms with Crippen LogP contribution >= 0.6 is 11.6 Å². The minimum Gasteiger partial charge on any atom is -0.373 e. The maximum atomic E-state index is 12.5. The molecule has 0 radical (unpaired) electrons. The molecule has 0 N–H and O–H groups in total. The van der Waals surface area contributed by atoms with Gasteiger partial charge >= 0.3 is 0 Å². The van der Waals surface area contributed by atoms with Crippen LogP contribution in [0, 0.1) is 11.3 Å². The Morgan fingerprint density at radius 1 is 1.53 bits per heavy atom. The Labute approximate surface area is 108 Å². The molecule has 2 atom stereocenters. The van der Waals surface area contributed by atoms with E-state index in [2.05, 4.69) is 13.8 Å². The van der Waals surface area contributed by atoms with Crippen LogP contribution in [-0.4, -0.2) is 42.5 Å². The van der Waals surface area contributed by atoms with E-state index in [1.807, 2.05) is 4.90 Å². The molecule has 0 aromatic heterocycles. The van der Waals surface area contributed by atoms with Crippen molar-refractivity contribution in [2.75, 3.05) is 25.6 Å². The number of halogens is 1. The molecule has 0 aromatic rings. The number of alkyl halides is 1. The topological polar surface area (TPSA) is 29.5 Å². The molecule has 0 spiro atoms. The average molecular weight is 260 g/mol. The first kappa shape index (κ1) is 13.2. The summed E-state index contributed by atoms with van der Waals surface area (Å²) in [6.07, 6.45) is 3.38. The first-order valence-corrected chi connectivity index (χ1v) is 7.04.